The van der Waals surface area contributed by atoms with Crippen molar-refractivity contribution in [1.82, 2.24) is 9.88 Å². The minimum atomic E-state index is -1.20. The highest BCUT2D eigenvalue weighted by atomic mass is 127. The zero-order valence-corrected chi connectivity index (χ0v) is 22.6. The SMILES string of the molecule is C=Cc1ccc2nc(OC)c(C(c3ccc(I)cc3)C(O)(CCN(C)C)c3ccccc3)cc2c1. The van der Waals surface area contributed by atoms with Gasteiger partial charge in [0.15, 0.2) is 0 Å². The fourth-order valence-electron chi connectivity index (χ4n) is 4.63. The molecule has 0 aliphatic rings. The molecule has 2 atom stereocenters. The number of fused-ring (bicyclic) bond motifs is 1. The van der Waals surface area contributed by atoms with Gasteiger partial charge >= 0.3 is 0 Å². The third-order valence-corrected chi connectivity index (χ3v) is 7.19. The molecule has 35 heavy (non-hydrogen) atoms. The lowest BCUT2D eigenvalue weighted by Gasteiger charge is -2.39. The summed E-state index contributed by atoms with van der Waals surface area (Å²) in [4.78, 5) is 6.96. The first-order valence-corrected chi connectivity index (χ1v) is 12.7. The molecule has 0 radical (unpaired) electrons. The molecule has 1 heterocycles. The maximum Gasteiger partial charge on any atom is 0.217 e. The van der Waals surface area contributed by atoms with Gasteiger partial charge in [-0.1, -0.05) is 61.2 Å². The van der Waals surface area contributed by atoms with E-state index in [0.29, 0.717) is 12.3 Å². The Morgan fingerprint density at radius 1 is 1.06 bits per heavy atom. The van der Waals surface area contributed by atoms with Crippen LogP contribution >= 0.6 is 22.6 Å². The number of nitrogens with zero attached hydrogens (tertiary/aromatic N) is 2. The smallest absolute Gasteiger partial charge is 0.217 e. The lowest BCUT2D eigenvalue weighted by atomic mass is 9.71. The topological polar surface area (TPSA) is 45.6 Å². The van der Waals surface area contributed by atoms with Gasteiger partial charge in [-0.2, -0.15) is 0 Å². The van der Waals surface area contributed by atoms with E-state index >= 15 is 0 Å². The lowest BCUT2D eigenvalue weighted by molar-refractivity contribution is 0.00380. The highest BCUT2D eigenvalue weighted by Crippen LogP contribution is 2.47. The number of hydrogen-bond acceptors (Lipinski definition) is 4. The molecule has 3 aromatic carbocycles. The van der Waals surface area contributed by atoms with Gasteiger partial charge in [-0.15, -0.1) is 0 Å². The summed E-state index contributed by atoms with van der Waals surface area (Å²) in [6.45, 7) is 4.63. The summed E-state index contributed by atoms with van der Waals surface area (Å²) < 4.78 is 6.98. The van der Waals surface area contributed by atoms with Gasteiger partial charge in [-0.3, -0.25) is 0 Å². The average molecular weight is 578 g/mol. The molecule has 0 amide bonds. The van der Waals surface area contributed by atoms with Crippen molar-refractivity contribution in [2.24, 2.45) is 0 Å². The van der Waals surface area contributed by atoms with Crippen LogP contribution in [0.5, 0.6) is 5.88 Å². The molecule has 5 heteroatoms. The molecule has 0 aliphatic heterocycles. The minimum absolute atomic E-state index is 0.402. The molecule has 0 aliphatic carbocycles. The summed E-state index contributed by atoms with van der Waals surface area (Å²) >= 11 is 2.31. The molecule has 1 aromatic heterocycles. The molecule has 0 bridgehead atoms. The van der Waals surface area contributed by atoms with Gasteiger partial charge in [0.05, 0.1) is 12.6 Å². The van der Waals surface area contributed by atoms with Gasteiger partial charge in [-0.25, -0.2) is 4.98 Å². The quantitative estimate of drug-likeness (QED) is 0.232. The summed E-state index contributed by atoms with van der Waals surface area (Å²) in [7, 11) is 5.70. The fourth-order valence-corrected chi connectivity index (χ4v) is 4.99. The summed E-state index contributed by atoms with van der Waals surface area (Å²) in [5.41, 5.74) is 3.40. The number of aromatic nitrogens is 1. The highest BCUT2D eigenvalue weighted by Gasteiger charge is 2.42. The van der Waals surface area contributed by atoms with E-state index in [2.05, 4.69) is 70.5 Å². The van der Waals surface area contributed by atoms with Crippen molar-refractivity contribution in [3.8, 4) is 5.88 Å². The van der Waals surface area contributed by atoms with Crippen LogP contribution in [0.15, 0.2) is 85.4 Å². The fraction of sp³-hybridized carbons (Fsp3) is 0.233. The van der Waals surface area contributed by atoms with Crippen LogP contribution in [0.25, 0.3) is 17.0 Å². The molecule has 4 rings (SSSR count). The molecular formula is C30H31IN2O2. The summed E-state index contributed by atoms with van der Waals surface area (Å²) in [5.74, 6) is 0.118. The standard InChI is InChI=1S/C30H31IN2O2/c1-5-21-11-16-27-23(19-21)20-26(29(32-27)35-4)28(22-12-14-25(31)15-13-22)30(34,17-18-33(2)3)24-9-7-6-8-10-24/h5-16,19-20,28,34H,1,17-18H2,2-4H3. The van der Waals surface area contributed by atoms with E-state index in [1.165, 1.54) is 0 Å². The second kappa shape index (κ2) is 10.9. The third-order valence-electron chi connectivity index (χ3n) is 6.47. The van der Waals surface area contributed by atoms with Crippen LogP contribution in [0.3, 0.4) is 0 Å². The van der Waals surface area contributed by atoms with Crippen molar-refractivity contribution in [3.05, 3.63) is 111 Å². The van der Waals surface area contributed by atoms with Gasteiger partial charge in [0.2, 0.25) is 5.88 Å². The van der Waals surface area contributed by atoms with Gasteiger partial charge in [0.1, 0.15) is 5.60 Å². The van der Waals surface area contributed by atoms with Crippen LogP contribution in [0.1, 0.15) is 34.6 Å². The number of hydrogen-bond donors (Lipinski definition) is 1. The Hall–Kier alpha value is -2.74. The second-order valence-electron chi connectivity index (χ2n) is 9.07. The van der Waals surface area contributed by atoms with Gasteiger partial charge in [-0.05, 0) is 90.1 Å². The average Bonchev–Trinajstić information content (AvgIpc) is 2.88. The summed E-state index contributed by atoms with van der Waals surface area (Å²) in [5, 5.41) is 13.6. The van der Waals surface area contributed by atoms with E-state index in [1.54, 1.807) is 7.11 Å². The van der Waals surface area contributed by atoms with Crippen LogP contribution < -0.4 is 4.74 Å². The number of aliphatic hydroxyl groups is 1. The normalized spacial score (nSPS) is 14.0. The lowest BCUT2D eigenvalue weighted by Crippen LogP contribution is -2.37. The van der Waals surface area contributed by atoms with Crippen LogP contribution in [0.2, 0.25) is 0 Å². The van der Waals surface area contributed by atoms with Crippen molar-refractivity contribution in [2.75, 3.05) is 27.7 Å². The van der Waals surface area contributed by atoms with Crippen LogP contribution in [-0.4, -0.2) is 42.7 Å². The number of halogens is 1. The minimum Gasteiger partial charge on any atom is -0.481 e. The van der Waals surface area contributed by atoms with Gasteiger partial charge in [0, 0.05) is 27.0 Å². The van der Waals surface area contributed by atoms with Crippen molar-refractivity contribution in [2.45, 2.75) is 17.9 Å². The van der Waals surface area contributed by atoms with Crippen LogP contribution in [-0.2, 0) is 5.60 Å². The predicted octanol–water partition coefficient (Wildman–Crippen LogP) is 6.46. The summed E-state index contributed by atoms with van der Waals surface area (Å²) in [6, 6.07) is 26.5. The Bertz CT molecular complexity index is 1310. The number of pyridine rings is 1. The third kappa shape index (κ3) is 5.42. The molecule has 1 N–H and O–H groups in total. The first-order chi connectivity index (χ1) is 16.9. The van der Waals surface area contributed by atoms with E-state index in [0.717, 1.165) is 43.3 Å². The van der Waals surface area contributed by atoms with Crippen molar-refractivity contribution in [1.29, 1.82) is 0 Å². The number of methoxy groups -OCH3 is 1. The maximum atomic E-state index is 12.6. The molecule has 4 nitrogen and oxygen atoms in total. The van der Waals surface area contributed by atoms with Crippen molar-refractivity contribution >= 4 is 39.6 Å². The molecule has 0 fully saturated rings. The maximum absolute atomic E-state index is 12.6. The van der Waals surface area contributed by atoms with Crippen LogP contribution in [0, 0.1) is 3.57 Å². The molecular weight excluding hydrogens is 547 g/mol. The molecule has 2 unspecified atom stereocenters. The molecule has 0 spiro atoms. The van der Waals surface area contributed by atoms with E-state index in [-0.39, 0.29) is 0 Å². The van der Waals surface area contributed by atoms with Crippen molar-refractivity contribution in [3.63, 3.8) is 0 Å². The van der Waals surface area contributed by atoms with E-state index in [9.17, 15) is 5.11 Å². The number of rotatable bonds is 9. The monoisotopic (exact) mass is 578 g/mol. The Kier molecular flexibility index (Phi) is 7.89. The summed E-state index contributed by atoms with van der Waals surface area (Å²) in [6.07, 6.45) is 2.37. The first kappa shape index (κ1) is 25.4. The first-order valence-electron chi connectivity index (χ1n) is 11.6. The van der Waals surface area contributed by atoms with Crippen molar-refractivity contribution < 1.29 is 9.84 Å². The van der Waals surface area contributed by atoms with E-state index in [4.69, 9.17) is 9.72 Å². The zero-order chi connectivity index (χ0) is 25.0. The molecule has 4 aromatic rings. The second-order valence-corrected chi connectivity index (χ2v) is 10.3. The van der Waals surface area contributed by atoms with Crippen LogP contribution in [0.4, 0.5) is 0 Å². The largest absolute Gasteiger partial charge is 0.481 e. The zero-order valence-electron chi connectivity index (χ0n) is 20.4. The number of benzene rings is 3. The Labute approximate surface area is 221 Å². The number of ether oxygens (including phenoxy) is 1. The predicted molar refractivity (Wildman–Crippen MR) is 153 cm³/mol. The molecule has 0 saturated carbocycles. The van der Waals surface area contributed by atoms with Gasteiger partial charge < -0.3 is 14.7 Å². The Morgan fingerprint density at radius 3 is 2.40 bits per heavy atom. The molecule has 180 valence electrons. The highest BCUT2D eigenvalue weighted by molar-refractivity contribution is 14.1. The molecule has 0 saturated heterocycles. The van der Waals surface area contributed by atoms with E-state index in [1.807, 2.05) is 62.6 Å². The Morgan fingerprint density at radius 2 is 1.77 bits per heavy atom. The van der Waals surface area contributed by atoms with Gasteiger partial charge in [0.25, 0.3) is 0 Å². The Balaban J connectivity index is 2.02. The van der Waals surface area contributed by atoms with E-state index < -0.39 is 11.5 Å².